The van der Waals surface area contributed by atoms with Crippen LogP contribution in [0.5, 0.6) is 0 Å². The molecule has 4 rings (SSSR count). The molecular weight excluding hydrogens is 376 g/mol. The van der Waals surface area contributed by atoms with Crippen LogP contribution in [0.15, 0.2) is 40.5 Å². The third-order valence-electron chi connectivity index (χ3n) is 4.27. The van der Waals surface area contributed by atoms with E-state index in [9.17, 15) is 4.79 Å². The Morgan fingerprint density at radius 3 is 3.04 bits per heavy atom. The van der Waals surface area contributed by atoms with E-state index in [0.29, 0.717) is 10.6 Å². The van der Waals surface area contributed by atoms with Crippen molar-refractivity contribution >= 4 is 69.0 Å². The average Bonchev–Trinajstić information content (AvgIpc) is 3.20. The molecule has 0 saturated heterocycles. The Labute approximate surface area is 165 Å². The van der Waals surface area contributed by atoms with Crippen LogP contribution in [0.3, 0.4) is 0 Å². The van der Waals surface area contributed by atoms with Crippen molar-refractivity contribution < 1.29 is 4.79 Å². The molecule has 0 bridgehead atoms. The average molecular weight is 395 g/mol. The number of anilines is 1. The van der Waals surface area contributed by atoms with Crippen LogP contribution in [-0.4, -0.2) is 31.7 Å². The highest BCUT2D eigenvalue weighted by Crippen LogP contribution is 2.40. The van der Waals surface area contributed by atoms with E-state index in [-0.39, 0.29) is 0 Å². The van der Waals surface area contributed by atoms with Crippen LogP contribution in [-0.2, 0) is 0 Å². The van der Waals surface area contributed by atoms with E-state index in [2.05, 4.69) is 45.0 Å². The molecule has 0 unspecified atom stereocenters. The number of nitrogens with one attached hydrogen (secondary N) is 1. The molecule has 1 aliphatic rings. The summed E-state index contributed by atoms with van der Waals surface area (Å²) in [6, 6.07) is 4.05. The number of thiophene rings is 2. The normalized spacial score (nSPS) is 13.5. The lowest BCUT2D eigenvalue weighted by Gasteiger charge is -2.13. The van der Waals surface area contributed by atoms with Crippen molar-refractivity contribution in [2.45, 2.75) is 6.42 Å². The Balaban J connectivity index is 1.67. The maximum absolute atomic E-state index is 11.6. The number of carbonyl (C=O) groups is 1. The van der Waals surface area contributed by atoms with Crippen LogP contribution < -0.4 is 10.2 Å². The summed E-state index contributed by atoms with van der Waals surface area (Å²) < 4.78 is 0. The summed E-state index contributed by atoms with van der Waals surface area (Å²) in [5, 5.41) is 6.27. The number of carbonyl (C=O) groups excluding carboxylic acids is 1. The summed E-state index contributed by atoms with van der Waals surface area (Å²) in [6.45, 7) is 0. The van der Waals surface area contributed by atoms with Gasteiger partial charge in [0.2, 0.25) is 0 Å². The molecule has 0 amide bonds. The SMILES string of the molecule is CN(C)c1ccnc2sc(C=O)c(N=CNC3=Cc4ccsc4C=CC3)c12. The number of fused-ring (bicyclic) bond motifs is 2. The Morgan fingerprint density at radius 1 is 1.33 bits per heavy atom. The van der Waals surface area contributed by atoms with E-state index in [1.54, 1.807) is 23.9 Å². The van der Waals surface area contributed by atoms with Crippen LogP contribution in [0.1, 0.15) is 26.5 Å². The Hall–Kier alpha value is -2.77. The second-order valence-corrected chi connectivity index (χ2v) is 8.23. The van der Waals surface area contributed by atoms with E-state index in [1.807, 2.05) is 25.1 Å². The third-order valence-corrected chi connectivity index (χ3v) is 6.18. The minimum absolute atomic E-state index is 0.583. The molecule has 3 heterocycles. The molecule has 1 aliphatic carbocycles. The fraction of sp³-hybridized carbons (Fsp3) is 0.150. The number of aliphatic imine (C=N–C) groups is 1. The number of nitrogens with zero attached hydrogens (tertiary/aromatic N) is 3. The Bertz CT molecular complexity index is 1090. The fourth-order valence-corrected chi connectivity index (χ4v) is 4.72. The highest BCUT2D eigenvalue weighted by atomic mass is 32.1. The maximum Gasteiger partial charge on any atom is 0.162 e. The summed E-state index contributed by atoms with van der Waals surface area (Å²) in [7, 11) is 3.94. The smallest absolute Gasteiger partial charge is 0.162 e. The number of pyridine rings is 1. The monoisotopic (exact) mass is 394 g/mol. The topological polar surface area (TPSA) is 57.6 Å². The molecule has 0 aliphatic heterocycles. The van der Waals surface area contributed by atoms with Gasteiger partial charge < -0.3 is 10.2 Å². The lowest BCUT2D eigenvalue weighted by atomic mass is 10.2. The summed E-state index contributed by atoms with van der Waals surface area (Å²) in [4.78, 5) is 25.2. The van der Waals surface area contributed by atoms with Gasteiger partial charge in [0.1, 0.15) is 4.83 Å². The quantitative estimate of drug-likeness (QED) is 0.378. The van der Waals surface area contributed by atoms with Gasteiger partial charge in [-0.05, 0) is 35.2 Å². The van der Waals surface area contributed by atoms with Crippen LogP contribution in [0.4, 0.5) is 11.4 Å². The van der Waals surface area contributed by atoms with Crippen molar-refractivity contribution in [3.63, 3.8) is 0 Å². The van der Waals surface area contributed by atoms with Crippen molar-refractivity contribution in [1.29, 1.82) is 0 Å². The molecule has 0 fully saturated rings. The zero-order chi connectivity index (χ0) is 18.8. The number of rotatable bonds is 5. The van der Waals surface area contributed by atoms with Gasteiger partial charge in [-0.2, -0.15) is 0 Å². The molecule has 7 heteroatoms. The van der Waals surface area contributed by atoms with E-state index in [4.69, 9.17) is 0 Å². The van der Waals surface area contributed by atoms with Gasteiger partial charge in [0, 0.05) is 37.3 Å². The minimum atomic E-state index is 0.583. The molecule has 0 atom stereocenters. The molecular formula is C20H18N4OS2. The first kappa shape index (κ1) is 17.6. The summed E-state index contributed by atoms with van der Waals surface area (Å²) in [6.07, 6.45) is 11.5. The first-order valence-electron chi connectivity index (χ1n) is 8.45. The molecule has 0 saturated carbocycles. The number of hydrogen-bond acceptors (Lipinski definition) is 6. The molecule has 3 aromatic heterocycles. The van der Waals surface area contributed by atoms with E-state index in [0.717, 1.165) is 34.3 Å². The Kier molecular flexibility index (Phi) is 4.87. The van der Waals surface area contributed by atoms with Gasteiger partial charge in [0.25, 0.3) is 0 Å². The summed E-state index contributed by atoms with van der Waals surface area (Å²) in [5.74, 6) is 0. The van der Waals surface area contributed by atoms with Gasteiger partial charge in [-0.15, -0.1) is 22.7 Å². The number of allylic oxidation sites excluding steroid dienone is 1. The van der Waals surface area contributed by atoms with Crippen LogP contribution in [0.25, 0.3) is 22.4 Å². The summed E-state index contributed by atoms with van der Waals surface area (Å²) >= 11 is 3.10. The second kappa shape index (κ2) is 7.46. The zero-order valence-electron chi connectivity index (χ0n) is 15.0. The van der Waals surface area contributed by atoms with Gasteiger partial charge in [-0.3, -0.25) is 4.79 Å². The summed E-state index contributed by atoms with van der Waals surface area (Å²) in [5.41, 5.74) is 3.93. The highest BCUT2D eigenvalue weighted by molar-refractivity contribution is 7.21. The van der Waals surface area contributed by atoms with E-state index >= 15 is 0 Å². The van der Waals surface area contributed by atoms with Gasteiger partial charge >= 0.3 is 0 Å². The lowest BCUT2D eigenvalue weighted by molar-refractivity contribution is 0.112. The molecule has 0 spiro atoms. The molecule has 27 heavy (non-hydrogen) atoms. The van der Waals surface area contributed by atoms with Crippen molar-refractivity contribution in [3.05, 3.63) is 50.8 Å². The molecule has 0 radical (unpaired) electrons. The predicted octanol–water partition coefficient (Wildman–Crippen LogP) is 4.94. The molecule has 5 nitrogen and oxygen atoms in total. The van der Waals surface area contributed by atoms with Gasteiger partial charge in [-0.1, -0.05) is 6.08 Å². The van der Waals surface area contributed by atoms with Crippen molar-refractivity contribution in [2.75, 3.05) is 19.0 Å². The first-order chi connectivity index (χ1) is 13.2. The van der Waals surface area contributed by atoms with Crippen molar-refractivity contribution in [2.24, 2.45) is 4.99 Å². The minimum Gasteiger partial charge on any atom is -0.377 e. The molecule has 0 aromatic carbocycles. The van der Waals surface area contributed by atoms with Gasteiger partial charge in [0.15, 0.2) is 6.29 Å². The predicted molar refractivity (Wildman–Crippen MR) is 117 cm³/mol. The lowest BCUT2D eigenvalue weighted by Crippen LogP contribution is -2.10. The standard InChI is InChI=1S/C20H18N4OS2/c1-24(2)15-6-8-21-20-18(15)19(17(11-25)27-20)23-12-22-14-4-3-5-16-13(10-14)7-9-26-16/h3,5-12H,4H2,1-2H3,(H,22,23). The molecule has 3 aromatic rings. The van der Waals surface area contributed by atoms with Gasteiger partial charge in [-0.25, -0.2) is 9.98 Å². The van der Waals surface area contributed by atoms with Crippen molar-refractivity contribution in [3.8, 4) is 0 Å². The number of aromatic nitrogens is 1. The largest absolute Gasteiger partial charge is 0.377 e. The zero-order valence-corrected chi connectivity index (χ0v) is 16.6. The Morgan fingerprint density at radius 2 is 2.22 bits per heavy atom. The van der Waals surface area contributed by atoms with Crippen molar-refractivity contribution in [1.82, 2.24) is 10.3 Å². The number of aldehydes is 1. The highest BCUT2D eigenvalue weighted by Gasteiger charge is 2.16. The number of hydrogen-bond donors (Lipinski definition) is 1. The van der Waals surface area contributed by atoms with Crippen LogP contribution in [0, 0.1) is 0 Å². The molecule has 1 N–H and O–H groups in total. The fourth-order valence-electron chi connectivity index (χ4n) is 2.99. The van der Waals surface area contributed by atoms with Gasteiger partial charge in [0.05, 0.1) is 28.0 Å². The second-order valence-electron chi connectivity index (χ2n) is 6.26. The first-order valence-corrected chi connectivity index (χ1v) is 10.1. The van der Waals surface area contributed by atoms with Crippen LogP contribution >= 0.6 is 22.7 Å². The van der Waals surface area contributed by atoms with E-state index in [1.165, 1.54) is 21.8 Å². The third kappa shape index (κ3) is 3.43. The maximum atomic E-state index is 11.6. The van der Waals surface area contributed by atoms with E-state index < -0.39 is 0 Å². The van der Waals surface area contributed by atoms with Crippen LogP contribution in [0.2, 0.25) is 0 Å². The molecule has 136 valence electrons.